The topological polar surface area (TPSA) is 91.3 Å². The van der Waals surface area contributed by atoms with Crippen molar-refractivity contribution in [2.75, 3.05) is 18.4 Å². The minimum absolute atomic E-state index is 0.109. The number of alkyl halides is 1. The molecule has 0 saturated carbocycles. The summed E-state index contributed by atoms with van der Waals surface area (Å²) in [5.74, 6) is 0. The molecule has 3 aromatic carbocycles. The summed E-state index contributed by atoms with van der Waals surface area (Å²) >= 11 is 5.68. The van der Waals surface area contributed by atoms with E-state index in [4.69, 9.17) is 30.0 Å². The average molecular weight is 561 g/mol. The number of aliphatic hydroxyl groups excluding tert-OH is 1. The predicted molar refractivity (Wildman–Crippen MR) is 147 cm³/mol. The van der Waals surface area contributed by atoms with E-state index in [9.17, 15) is 13.5 Å². The summed E-state index contributed by atoms with van der Waals surface area (Å²) in [5, 5.41) is 8.74. The Morgan fingerprint density at radius 1 is 0.763 bits per heavy atom. The van der Waals surface area contributed by atoms with E-state index < -0.39 is 33.6 Å². The molecule has 0 saturated heterocycles. The third-order valence-corrected chi connectivity index (χ3v) is 7.10. The van der Waals surface area contributed by atoms with Gasteiger partial charge in [-0.1, -0.05) is 103 Å². The third kappa shape index (κ3) is 10.7. The Hall–Kier alpha value is -2.56. The lowest BCUT2D eigenvalue weighted by atomic mass is 10.1. The van der Waals surface area contributed by atoms with Crippen LogP contribution in [-0.2, 0) is 48.3 Å². The summed E-state index contributed by atoms with van der Waals surface area (Å²) in [7, 11) is -4.09. The first kappa shape index (κ1) is 30.0. The van der Waals surface area contributed by atoms with Gasteiger partial charge in [-0.05, 0) is 16.7 Å². The summed E-state index contributed by atoms with van der Waals surface area (Å²) < 4.78 is 48.8. The summed E-state index contributed by atoms with van der Waals surface area (Å²) in [6, 6.07) is 28.5. The van der Waals surface area contributed by atoms with Crippen LogP contribution in [0.15, 0.2) is 103 Å². The zero-order chi connectivity index (χ0) is 27.1. The molecule has 3 rings (SSSR count). The van der Waals surface area contributed by atoms with Crippen molar-refractivity contribution in [1.29, 1.82) is 0 Å². The Labute approximate surface area is 229 Å². The molecule has 0 heterocycles. The predicted octanol–water partition coefficient (Wildman–Crippen LogP) is 4.83. The van der Waals surface area contributed by atoms with E-state index in [0.717, 1.165) is 16.7 Å². The van der Waals surface area contributed by atoms with E-state index in [1.807, 2.05) is 91.0 Å². The van der Waals surface area contributed by atoms with Crippen LogP contribution in [0, 0.1) is 0 Å². The van der Waals surface area contributed by atoms with Crippen LogP contribution in [0.4, 0.5) is 0 Å². The highest BCUT2D eigenvalue weighted by Crippen LogP contribution is 2.21. The van der Waals surface area contributed by atoms with E-state index in [1.165, 1.54) is 6.08 Å². The van der Waals surface area contributed by atoms with Gasteiger partial charge >= 0.3 is 0 Å². The molecule has 204 valence electrons. The first-order valence-electron chi connectivity index (χ1n) is 12.2. The lowest BCUT2D eigenvalue weighted by Gasteiger charge is -2.32. The van der Waals surface area contributed by atoms with E-state index in [-0.39, 0.29) is 33.0 Å². The number of halogens is 1. The Balaban J connectivity index is 1.87. The number of hydrogen-bond donors (Lipinski definition) is 1. The highest BCUT2D eigenvalue weighted by molar-refractivity contribution is 7.87. The van der Waals surface area contributed by atoms with Crippen LogP contribution in [0.25, 0.3) is 0 Å². The van der Waals surface area contributed by atoms with Gasteiger partial charge < -0.3 is 19.3 Å². The highest BCUT2D eigenvalue weighted by Gasteiger charge is 2.35. The summed E-state index contributed by atoms with van der Waals surface area (Å²) in [5.41, 5.74) is 2.72. The van der Waals surface area contributed by atoms with Crippen LogP contribution in [0.2, 0.25) is 0 Å². The lowest BCUT2D eigenvalue weighted by molar-refractivity contribution is -0.124. The molecule has 7 nitrogen and oxygen atoms in total. The van der Waals surface area contributed by atoms with Crippen LogP contribution in [-0.4, -0.2) is 50.3 Å². The molecule has 0 aliphatic heterocycles. The van der Waals surface area contributed by atoms with Gasteiger partial charge in [0.25, 0.3) is 10.1 Å². The molecule has 0 aliphatic carbocycles. The molecule has 38 heavy (non-hydrogen) atoms. The van der Waals surface area contributed by atoms with Crippen molar-refractivity contribution in [3.8, 4) is 0 Å². The number of aliphatic hydroxyl groups is 1. The van der Waals surface area contributed by atoms with Gasteiger partial charge in [-0.25, -0.2) is 0 Å². The second kappa shape index (κ2) is 16.4. The molecule has 9 heteroatoms. The number of ether oxygens (including phenoxy) is 3. The molecular formula is C29H33ClO7S. The number of rotatable bonds is 17. The Morgan fingerprint density at radius 3 is 1.76 bits per heavy atom. The van der Waals surface area contributed by atoms with Crippen LogP contribution in [0.3, 0.4) is 0 Å². The highest BCUT2D eigenvalue weighted by atomic mass is 35.5. The van der Waals surface area contributed by atoms with Gasteiger partial charge in [0.1, 0.15) is 23.5 Å². The molecule has 0 fully saturated rings. The molecule has 0 spiro atoms. The van der Waals surface area contributed by atoms with Gasteiger partial charge in [0.05, 0.1) is 33.0 Å². The maximum absolute atomic E-state index is 12.5. The standard InChI is InChI=1S/C29H33ClO7S/c30-23-38(32,33)37-28(22-34-19-24-11-4-1-5-12-24)29(36-21-26-15-8-3-9-16-26)27(17-10-18-31)35-20-25-13-6-2-7-14-25/h1-17,27-29,31H,18-23H2/t27-,28+,29-/m1/s1. The van der Waals surface area contributed by atoms with Crippen molar-refractivity contribution in [2.45, 2.75) is 38.1 Å². The maximum Gasteiger partial charge on any atom is 0.281 e. The molecule has 0 unspecified atom stereocenters. The molecular weight excluding hydrogens is 528 g/mol. The molecule has 3 aromatic rings. The van der Waals surface area contributed by atoms with Crippen LogP contribution < -0.4 is 0 Å². The van der Waals surface area contributed by atoms with Crippen molar-refractivity contribution in [3.05, 3.63) is 120 Å². The van der Waals surface area contributed by atoms with E-state index in [0.29, 0.717) is 0 Å². The lowest BCUT2D eigenvalue weighted by Crippen LogP contribution is -2.45. The van der Waals surface area contributed by atoms with Gasteiger partial charge in [-0.2, -0.15) is 8.42 Å². The zero-order valence-electron chi connectivity index (χ0n) is 21.0. The van der Waals surface area contributed by atoms with Gasteiger partial charge in [-0.3, -0.25) is 4.18 Å². The van der Waals surface area contributed by atoms with E-state index >= 15 is 0 Å². The zero-order valence-corrected chi connectivity index (χ0v) is 22.5. The second-order valence-electron chi connectivity index (χ2n) is 8.44. The first-order chi connectivity index (χ1) is 18.5. The SMILES string of the molecule is O=S(=O)(CCl)O[C@@H](COCc1ccccc1)[C@H](OCc1ccccc1)[C@@H](C=CCO)OCc1ccccc1. The molecule has 1 N–H and O–H groups in total. The molecule has 0 radical (unpaired) electrons. The average Bonchev–Trinajstić information content (AvgIpc) is 2.95. The Bertz CT molecular complexity index is 1180. The fraction of sp³-hybridized carbons (Fsp3) is 0.310. The van der Waals surface area contributed by atoms with Crippen molar-refractivity contribution >= 4 is 21.7 Å². The van der Waals surface area contributed by atoms with Gasteiger partial charge in [0.15, 0.2) is 0 Å². The van der Waals surface area contributed by atoms with Crippen molar-refractivity contribution in [3.63, 3.8) is 0 Å². The number of hydrogen-bond acceptors (Lipinski definition) is 7. The Morgan fingerprint density at radius 2 is 1.26 bits per heavy atom. The second-order valence-corrected chi connectivity index (χ2v) is 10.6. The van der Waals surface area contributed by atoms with Crippen molar-refractivity contribution in [2.24, 2.45) is 0 Å². The summed E-state index contributed by atoms with van der Waals surface area (Å²) in [6.07, 6.45) is 0.374. The molecule has 0 aliphatic rings. The summed E-state index contributed by atoms with van der Waals surface area (Å²) in [4.78, 5) is 0. The van der Waals surface area contributed by atoms with Crippen LogP contribution >= 0.6 is 11.6 Å². The molecule has 0 bridgehead atoms. The van der Waals surface area contributed by atoms with Gasteiger partial charge in [0.2, 0.25) is 0 Å². The van der Waals surface area contributed by atoms with Crippen LogP contribution in [0.1, 0.15) is 16.7 Å². The van der Waals surface area contributed by atoms with E-state index in [1.54, 1.807) is 6.08 Å². The minimum atomic E-state index is -4.09. The monoisotopic (exact) mass is 560 g/mol. The fourth-order valence-electron chi connectivity index (χ4n) is 3.66. The van der Waals surface area contributed by atoms with Gasteiger partial charge in [-0.15, -0.1) is 11.6 Å². The normalized spacial score (nSPS) is 14.4. The largest absolute Gasteiger partial charge is 0.392 e. The van der Waals surface area contributed by atoms with E-state index in [2.05, 4.69) is 0 Å². The first-order valence-corrected chi connectivity index (χ1v) is 14.3. The fourth-order valence-corrected chi connectivity index (χ4v) is 4.41. The quantitative estimate of drug-likeness (QED) is 0.144. The maximum atomic E-state index is 12.5. The summed E-state index contributed by atoms with van der Waals surface area (Å²) in [6.45, 7) is 0.305. The number of benzene rings is 3. The molecule has 3 atom stereocenters. The van der Waals surface area contributed by atoms with Gasteiger partial charge in [0, 0.05) is 0 Å². The van der Waals surface area contributed by atoms with Crippen molar-refractivity contribution < 1.29 is 31.9 Å². The molecule has 0 aromatic heterocycles. The van der Waals surface area contributed by atoms with Crippen molar-refractivity contribution in [1.82, 2.24) is 0 Å². The minimum Gasteiger partial charge on any atom is -0.392 e. The smallest absolute Gasteiger partial charge is 0.281 e. The molecule has 0 amide bonds. The Kier molecular flexibility index (Phi) is 13.0. The van der Waals surface area contributed by atoms with Crippen LogP contribution in [0.5, 0.6) is 0 Å². The third-order valence-electron chi connectivity index (χ3n) is 5.49.